The first-order chi connectivity index (χ1) is 7.41. The topological polar surface area (TPSA) is 80.4 Å². The highest BCUT2D eigenvalue weighted by atomic mass is 32.2. The van der Waals surface area contributed by atoms with Crippen molar-refractivity contribution >= 4 is 15.5 Å². The zero-order valence-electron chi connectivity index (χ0n) is 8.89. The van der Waals surface area contributed by atoms with E-state index in [2.05, 4.69) is 0 Å². The highest BCUT2D eigenvalue weighted by Gasteiger charge is 2.36. The Morgan fingerprint density at radius 2 is 1.62 bits per heavy atom. The van der Waals surface area contributed by atoms with E-state index in [1.54, 1.807) is 24.3 Å². The maximum absolute atomic E-state index is 11.3. The van der Waals surface area contributed by atoms with Gasteiger partial charge in [-0.2, -0.15) is 0 Å². The molecule has 1 saturated heterocycles. The van der Waals surface area contributed by atoms with Crippen LogP contribution in [0.25, 0.3) is 0 Å². The fourth-order valence-corrected chi connectivity index (χ4v) is 3.46. The Kier molecular flexibility index (Phi) is 2.67. The largest absolute Gasteiger partial charge is 0.399 e. The van der Waals surface area contributed by atoms with Gasteiger partial charge in [0.2, 0.25) is 0 Å². The summed E-state index contributed by atoms with van der Waals surface area (Å²) in [7, 11) is -2.95. The first kappa shape index (κ1) is 11.4. The van der Waals surface area contributed by atoms with Gasteiger partial charge < -0.3 is 10.8 Å². The maximum atomic E-state index is 11.3. The summed E-state index contributed by atoms with van der Waals surface area (Å²) in [5, 5.41) is 10.4. The van der Waals surface area contributed by atoms with Crippen LogP contribution in [-0.2, 0) is 15.4 Å². The Labute approximate surface area is 95.0 Å². The van der Waals surface area contributed by atoms with Crippen LogP contribution < -0.4 is 5.73 Å². The normalized spacial score (nSPS) is 22.8. The van der Waals surface area contributed by atoms with Crippen LogP contribution in [0.3, 0.4) is 0 Å². The molecule has 0 radical (unpaired) electrons. The first-order valence-corrected chi connectivity index (χ1v) is 7.02. The Morgan fingerprint density at radius 3 is 2.12 bits per heavy atom. The Balaban J connectivity index is 2.24. The van der Waals surface area contributed by atoms with Gasteiger partial charge in [0, 0.05) is 5.69 Å². The molecule has 1 fully saturated rings. The fraction of sp³-hybridized carbons (Fsp3) is 0.455. The van der Waals surface area contributed by atoms with Crippen molar-refractivity contribution in [2.75, 3.05) is 17.2 Å². The number of hydrogen-bond acceptors (Lipinski definition) is 4. The minimum Gasteiger partial charge on any atom is -0.399 e. The van der Waals surface area contributed by atoms with Gasteiger partial charge in [0.1, 0.15) is 0 Å². The standard InChI is InChI=1S/C11H15NO3S/c12-10-3-1-9(2-4-10)11(13)5-7-16(14,15)8-6-11/h1-4,13H,5-8,12H2. The molecule has 1 aromatic rings. The summed E-state index contributed by atoms with van der Waals surface area (Å²) in [6.45, 7) is 0. The quantitative estimate of drug-likeness (QED) is 0.708. The summed E-state index contributed by atoms with van der Waals surface area (Å²) in [5.74, 6) is 0.0990. The highest BCUT2D eigenvalue weighted by molar-refractivity contribution is 7.91. The molecule has 1 aliphatic heterocycles. The molecule has 1 heterocycles. The molecule has 5 heteroatoms. The summed E-state index contributed by atoms with van der Waals surface area (Å²) in [6.07, 6.45) is 0.526. The van der Waals surface area contributed by atoms with E-state index in [1.807, 2.05) is 0 Å². The molecule has 0 aromatic heterocycles. The number of nitrogens with two attached hydrogens (primary N) is 1. The van der Waals surface area contributed by atoms with E-state index in [0.29, 0.717) is 5.69 Å². The van der Waals surface area contributed by atoms with Crippen molar-refractivity contribution in [3.63, 3.8) is 0 Å². The second kappa shape index (κ2) is 3.75. The van der Waals surface area contributed by atoms with Crippen LogP contribution in [0.5, 0.6) is 0 Å². The lowest BCUT2D eigenvalue weighted by molar-refractivity contribution is 0.0263. The van der Waals surface area contributed by atoms with E-state index in [0.717, 1.165) is 5.56 Å². The molecule has 0 bridgehead atoms. The predicted octanol–water partition coefficient (Wildman–Crippen LogP) is 0.665. The van der Waals surface area contributed by atoms with Crippen molar-refractivity contribution in [2.45, 2.75) is 18.4 Å². The number of nitrogen functional groups attached to an aromatic ring is 1. The fourth-order valence-electron chi connectivity index (χ4n) is 1.96. The molecule has 1 aromatic carbocycles. The number of aliphatic hydroxyl groups is 1. The van der Waals surface area contributed by atoms with Crippen LogP contribution in [0, 0.1) is 0 Å². The minimum atomic E-state index is -2.95. The van der Waals surface area contributed by atoms with Crippen LogP contribution in [0.4, 0.5) is 5.69 Å². The monoisotopic (exact) mass is 241 g/mol. The van der Waals surface area contributed by atoms with Crippen molar-refractivity contribution in [1.29, 1.82) is 0 Å². The summed E-state index contributed by atoms with van der Waals surface area (Å²) in [5.41, 5.74) is 5.93. The van der Waals surface area contributed by atoms with E-state index < -0.39 is 15.4 Å². The molecule has 0 atom stereocenters. The summed E-state index contributed by atoms with van der Waals surface area (Å²) in [4.78, 5) is 0. The molecule has 0 aliphatic carbocycles. The Morgan fingerprint density at radius 1 is 1.12 bits per heavy atom. The molecule has 4 nitrogen and oxygen atoms in total. The number of anilines is 1. The molecule has 0 saturated carbocycles. The molecular weight excluding hydrogens is 226 g/mol. The minimum absolute atomic E-state index is 0.0495. The van der Waals surface area contributed by atoms with Gasteiger partial charge in [-0.3, -0.25) is 0 Å². The lowest BCUT2D eigenvalue weighted by atomic mass is 9.88. The molecule has 0 spiro atoms. The zero-order chi connectivity index (χ0) is 11.8. The van der Waals surface area contributed by atoms with Gasteiger partial charge >= 0.3 is 0 Å². The van der Waals surface area contributed by atoms with E-state index in [9.17, 15) is 13.5 Å². The van der Waals surface area contributed by atoms with Gasteiger partial charge in [-0.1, -0.05) is 12.1 Å². The van der Waals surface area contributed by atoms with Gasteiger partial charge in [0.15, 0.2) is 9.84 Å². The van der Waals surface area contributed by atoms with Gasteiger partial charge in [-0.25, -0.2) is 8.42 Å². The Hall–Kier alpha value is -1.07. The molecule has 88 valence electrons. The van der Waals surface area contributed by atoms with E-state index in [1.165, 1.54) is 0 Å². The number of benzene rings is 1. The molecule has 3 N–H and O–H groups in total. The number of hydrogen-bond donors (Lipinski definition) is 2. The van der Waals surface area contributed by atoms with Gasteiger partial charge in [0.05, 0.1) is 17.1 Å². The molecule has 1 aliphatic rings. The van der Waals surface area contributed by atoms with E-state index >= 15 is 0 Å². The highest BCUT2D eigenvalue weighted by Crippen LogP contribution is 2.33. The molecule has 0 amide bonds. The molecular formula is C11H15NO3S. The van der Waals surface area contributed by atoms with Gasteiger partial charge in [0.25, 0.3) is 0 Å². The number of rotatable bonds is 1. The Bertz CT molecular complexity index is 464. The second-order valence-corrected chi connectivity index (χ2v) is 6.61. The van der Waals surface area contributed by atoms with E-state index in [4.69, 9.17) is 5.73 Å². The lowest BCUT2D eigenvalue weighted by Crippen LogP contribution is -2.36. The summed E-state index contributed by atoms with van der Waals surface area (Å²) >= 11 is 0. The van der Waals surface area contributed by atoms with Gasteiger partial charge in [-0.05, 0) is 30.5 Å². The maximum Gasteiger partial charge on any atom is 0.150 e. The van der Waals surface area contributed by atoms with Gasteiger partial charge in [-0.15, -0.1) is 0 Å². The second-order valence-electron chi connectivity index (χ2n) is 4.31. The molecule has 0 unspecified atom stereocenters. The smallest absolute Gasteiger partial charge is 0.150 e. The predicted molar refractivity (Wildman–Crippen MR) is 62.6 cm³/mol. The SMILES string of the molecule is Nc1ccc(C2(O)CCS(=O)(=O)CC2)cc1. The molecule has 16 heavy (non-hydrogen) atoms. The molecule has 2 rings (SSSR count). The van der Waals surface area contributed by atoms with Crippen LogP contribution in [0.1, 0.15) is 18.4 Å². The van der Waals surface area contributed by atoms with Crippen LogP contribution in [0.15, 0.2) is 24.3 Å². The van der Waals surface area contributed by atoms with Crippen molar-refractivity contribution in [3.05, 3.63) is 29.8 Å². The van der Waals surface area contributed by atoms with Crippen LogP contribution in [-0.4, -0.2) is 25.0 Å². The summed E-state index contributed by atoms with van der Waals surface area (Å²) in [6, 6.07) is 6.95. The van der Waals surface area contributed by atoms with Crippen LogP contribution >= 0.6 is 0 Å². The third-order valence-corrected chi connectivity index (χ3v) is 4.75. The van der Waals surface area contributed by atoms with E-state index in [-0.39, 0.29) is 24.3 Å². The lowest BCUT2D eigenvalue weighted by Gasteiger charge is -2.32. The third kappa shape index (κ3) is 2.20. The van der Waals surface area contributed by atoms with Crippen molar-refractivity contribution < 1.29 is 13.5 Å². The van der Waals surface area contributed by atoms with Crippen LogP contribution in [0.2, 0.25) is 0 Å². The zero-order valence-corrected chi connectivity index (χ0v) is 9.70. The average molecular weight is 241 g/mol. The summed E-state index contributed by atoms with van der Waals surface area (Å²) < 4.78 is 22.6. The first-order valence-electron chi connectivity index (χ1n) is 5.20. The number of sulfone groups is 1. The van der Waals surface area contributed by atoms with Crippen molar-refractivity contribution in [2.24, 2.45) is 0 Å². The third-order valence-electron chi connectivity index (χ3n) is 3.10. The average Bonchev–Trinajstić information content (AvgIpc) is 2.24. The van der Waals surface area contributed by atoms with Crippen molar-refractivity contribution in [3.8, 4) is 0 Å². The van der Waals surface area contributed by atoms with Crippen molar-refractivity contribution in [1.82, 2.24) is 0 Å².